The number of hydrogen-bond acceptors (Lipinski definition) is 8. The van der Waals surface area contributed by atoms with Crippen molar-refractivity contribution < 1.29 is 22.7 Å². The molecule has 4 rings (SSSR count). The number of hydrogen-bond donors (Lipinski definition) is 2. The van der Waals surface area contributed by atoms with E-state index < -0.39 is 27.8 Å². The lowest BCUT2D eigenvalue weighted by Crippen LogP contribution is -2.40. The molecule has 0 radical (unpaired) electrons. The molecule has 2 N–H and O–H groups in total. The van der Waals surface area contributed by atoms with E-state index in [4.69, 9.17) is 26.4 Å². The third-order valence-electron chi connectivity index (χ3n) is 6.96. The van der Waals surface area contributed by atoms with Crippen molar-refractivity contribution in [3.05, 3.63) is 52.3 Å². The molecule has 1 fully saturated rings. The molecule has 2 atom stereocenters. The van der Waals surface area contributed by atoms with Gasteiger partial charge in [-0.25, -0.2) is 22.7 Å². The average Bonchev–Trinajstić information content (AvgIpc) is 3.51. The molecule has 3 heterocycles. The number of nitrogens with one attached hydrogen (secondary N) is 2. The number of halogens is 1. The Labute approximate surface area is 257 Å². The molecule has 12 nitrogen and oxygen atoms in total. The van der Waals surface area contributed by atoms with Gasteiger partial charge in [-0.2, -0.15) is 5.10 Å². The van der Waals surface area contributed by atoms with E-state index in [-0.39, 0.29) is 23.2 Å². The smallest absolute Gasteiger partial charge is 0.407 e. The maximum absolute atomic E-state index is 13.8. The fourth-order valence-electron chi connectivity index (χ4n) is 5.10. The van der Waals surface area contributed by atoms with Crippen LogP contribution < -0.4 is 14.9 Å². The van der Waals surface area contributed by atoms with Gasteiger partial charge in [-0.15, -0.1) is 0 Å². The highest BCUT2D eigenvalue weighted by molar-refractivity contribution is 7.92. The number of sulfonamides is 1. The molecule has 2 amide bonds. The minimum Gasteiger partial charge on any atom is -0.444 e. The van der Waals surface area contributed by atoms with Crippen LogP contribution in [0, 0.1) is 6.92 Å². The quantitative estimate of drug-likeness (QED) is 0.343. The first kappa shape index (κ1) is 32.3. The molecule has 1 aliphatic heterocycles. The molecule has 0 aliphatic carbocycles. The van der Waals surface area contributed by atoms with Crippen LogP contribution in [-0.4, -0.2) is 77.4 Å². The molecule has 0 bridgehead atoms. The van der Waals surface area contributed by atoms with E-state index in [2.05, 4.69) is 14.9 Å². The third kappa shape index (κ3) is 8.08. The summed E-state index contributed by atoms with van der Waals surface area (Å²) in [5.74, 6) is 0.433. The van der Waals surface area contributed by atoms with Crippen LogP contribution in [0.4, 0.5) is 16.3 Å². The van der Waals surface area contributed by atoms with Crippen LogP contribution in [0.25, 0.3) is 5.65 Å². The molecule has 0 unspecified atom stereocenters. The summed E-state index contributed by atoms with van der Waals surface area (Å²) in [4.78, 5) is 34.8. The standard InChI is InChI=1S/C29H40ClN7O5S/c1-8-12-36(27(38)22-14-20(30)9-10-23(22)34-43(7,40)41)19(3)24-15-25-32-26(18(2)16-37(25)33-24)35-13-11-21(17-35)31-28(39)42-29(4,5)6/h9-10,14-16,19,21,34H,8,11-13,17H2,1-7H3,(H,31,39)/t19-,21-/m0/s1. The Balaban J connectivity index is 1.57. The molecule has 1 saturated heterocycles. The van der Waals surface area contributed by atoms with E-state index in [1.165, 1.54) is 18.2 Å². The Bertz CT molecular complexity index is 1620. The second kappa shape index (κ2) is 12.6. The first-order valence-electron chi connectivity index (χ1n) is 14.2. The molecule has 0 saturated carbocycles. The van der Waals surface area contributed by atoms with Crippen molar-refractivity contribution in [3.8, 4) is 0 Å². The summed E-state index contributed by atoms with van der Waals surface area (Å²) in [5, 5.41) is 8.00. The number of benzene rings is 1. The van der Waals surface area contributed by atoms with Crippen molar-refractivity contribution in [2.24, 2.45) is 0 Å². The Kier molecular flexibility index (Phi) is 9.45. The first-order chi connectivity index (χ1) is 20.0. The SMILES string of the molecule is CCCN(C(=O)c1cc(Cl)ccc1NS(C)(=O)=O)[C@@H](C)c1cc2nc(N3CC[C@H](NC(=O)OC(C)(C)C)C3)c(C)cn2n1. The van der Waals surface area contributed by atoms with Gasteiger partial charge in [-0.3, -0.25) is 9.52 Å². The molecule has 1 aromatic carbocycles. The number of ether oxygens (including phenoxy) is 1. The van der Waals surface area contributed by atoms with Gasteiger partial charge in [0, 0.05) is 42.5 Å². The van der Waals surface area contributed by atoms with Gasteiger partial charge in [-0.1, -0.05) is 18.5 Å². The Hall–Kier alpha value is -3.58. The van der Waals surface area contributed by atoms with Crippen molar-refractivity contribution in [2.45, 2.75) is 72.1 Å². The number of anilines is 2. The van der Waals surface area contributed by atoms with Crippen molar-refractivity contribution in [1.29, 1.82) is 0 Å². The minimum atomic E-state index is -3.62. The van der Waals surface area contributed by atoms with Gasteiger partial charge in [0.1, 0.15) is 11.4 Å². The van der Waals surface area contributed by atoms with E-state index in [0.717, 1.165) is 30.6 Å². The number of aryl methyl sites for hydroxylation is 1. The number of carbonyl (C=O) groups excluding carboxylic acids is 2. The minimum absolute atomic E-state index is 0.0602. The van der Waals surface area contributed by atoms with Crippen molar-refractivity contribution in [3.63, 3.8) is 0 Å². The lowest BCUT2D eigenvalue weighted by atomic mass is 10.1. The summed E-state index contributed by atoms with van der Waals surface area (Å²) in [5.41, 5.74) is 1.93. The Morgan fingerprint density at radius 1 is 1.26 bits per heavy atom. The zero-order chi connectivity index (χ0) is 31.7. The lowest BCUT2D eigenvalue weighted by Gasteiger charge is -2.28. The Morgan fingerprint density at radius 3 is 2.63 bits per heavy atom. The second-order valence-corrected chi connectivity index (χ2v) is 14.1. The van der Waals surface area contributed by atoms with Gasteiger partial charge in [0.15, 0.2) is 5.65 Å². The van der Waals surface area contributed by atoms with Gasteiger partial charge in [0.25, 0.3) is 5.91 Å². The van der Waals surface area contributed by atoms with Crippen LogP contribution in [0.15, 0.2) is 30.5 Å². The van der Waals surface area contributed by atoms with E-state index in [1.807, 2.05) is 53.8 Å². The predicted octanol–water partition coefficient (Wildman–Crippen LogP) is 4.78. The fraction of sp³-hybridized carbons (Fsp3) is 0.517. The maximum Gasteiger partial charge on any atom is 0.407 e. The summed E-state index contributed by atoms with van der Waals surface area (Å²) < 4.78 is 33.4. The number of fused-ring (bicyclic) bond motifs is 1. The number of carbonyl (C=O) groups is 2. The highest BCUT2D eigenvalue weighted by atomic mass is 35.5. The highest BCUT2D eigenvalue weighted by Gasteiger charge is 2.30. The molecule has 3 aromatic rings. The van der Waals surface area contributed by atoms with E-state index in [1.54, 1.807) is 9.42 Å². The lowest BCUT2D eigenvalue weighted by molar-refractivity contribution is 0.0508. The molecular weight excluding hydrogens is 594 g/mol. The summed E-state index contributed by atoms with van der Waals surface area (Å²) in [6.45, 7) is 13.0. The zero-order valence-corrected chi connectivity index (χ0v) is 27.2. The normalized spacial score (nSPS) is 16.3. The van der Waals surface area contributed by atoms with Gasteiger partial charge >= 0.3 is 6.09 Å². The molecule has 0 spiro atoms. The Morgan fingerprint density at radius 2 is 1.98 bits per heavy atom. The summed E-state index contributed by atoms with van der Waals surface area (Å²) in [7, 11) is -3.62. The monoisotopic (exact) mass is 633 g/mol. The molecule has 2 aromatic heterocycles. The molecule has 43 heavy (non-hydrogen) atoms. The van der Waals surface area contributed by atoms with Crippen molar-refractivity contribution >= 4 is 50.8 Å². The molecule has 1 aliphatic rings. The third-order valence-corrected chi connectivity index (χ3v) is 7.79. The van der Waals surface area contributed by atoms with E-state index in [9.17, 15) is 18.0 Å². The summed E-state index contributed by atoms with van der Waals surface area (Å²) >= 11 is 6.20. The summed E-state index contributed by atoms with van der Waals surface area (Å²) in [6.07, 6.45) is 3.94. The number of alkyl carbamates (subject to hydrolysis) is 1. The number of aromatic nitrogens is 3. The predicted molar refractivity (Wildman–Crippen MR) is 167 cm³/mol. The van der Waals surface area contributed by atoms with Gasteiger partial charge in [-0.05, 0) is 65.7 Å². The van der Waals surface area contributed by atoms with Crippen LogP contribution in [0.1, 0.15) is 75.1 Å². The molecular formula is C29H40ClN7O5S. The highest BCUT2D eigenvalue weighted by Crippen LogP contribution is 2.29. The number of rotatable bonds is 9. The molecule has 234 valence electrons. The van der Waals surface area contributed by atoms with Crippen LogP contribution in [-0.2, 0) is 14.8 Å². The first-order valence-corrected chi connectivity index (χ1v) is 16.5. The van der Waals surface area contributed by atoms with Crippen LogP contribution in [0.5, 0.6) is 0 Å². The number of nitrogens with zero attached hydrogens (tertiary/aromatic N) is 5. The topological polar surface area (TPSA) is 138 Å². The molecule has 14 heteroatoms. The van der Waals surface area contributed by atoms with E-state index in [0.29, 0.717) is 35.9 Å². The maximum atomic E-state index is 13.8. The zero-order valence-electron chi connectivity index (χ0n) is 25.6. The van der Waals surface area contributed by atoms with Crippen molar-refractivity contribution in [1.82, 2.24) is 24.8 Å². The van der Waals surface area contributed by atoms with Crippen molar-refractivity contribution in [2.75, 3.05) is 35.5 Å². The van der Waals surface area contributed by atoms with Gasteiger partial charge in [0.2, 0.25) is 10.0 Å². The summed E-state index contributed by atoms with van der Waals surface area (Å²) in [6, 6.07) is 5.82. The second-order valence-electron chi connectivity index (χ2n) is 11.9. The van der Waals surface area contributed by atoms with Crippen LogP contribution in [0.2, 0.25) is 5.02 Å². The van der Waals surface area contributed by atoms with Crippen LogP contribution in [0.3, 0.4) is 0 Å². The van der Waals surface area contributed by atoms with Gasteiger partial charge < -0.3 is 19.9 Å². The van der Waals surface area contributed by atoms with Gasteiger partial charge in [0.05, 0.1) is 35.3 Å². The fourth-order valence-corrected chi connectivity index (χ4v) is 5.85. The number of amides is 2. The van der Waals surface area contributed by atoms with Crippen LogP contribution >= 0.6 is 11.6 Å². The average molecular weight is 634 g/mol. The van der Waals surface area contributed by atoms with E-state index >= 15 is 0 Å². The largest absolute Gasteiger partial charge is 0.444 e.